The van der Waals surface area contributed by atoms with E-state index in [0.29, 0.717) is 13.2 Å². The van der Waals surface area contributed by atoms with Crippen LogP contribution in [0.3, 0.4) is 0 Å². The molecule has 5 nitrogen and oxygen atoms in total. The first kappa shape index (κ1) is 13.2. The third kappa shape index (κ3) is 3.30. The molecule has 1 atom stereocenters. The zero-order chi connectivity index (χ0) is 12.0. The first-order valence-electron chi connectivity index (χ1n) is 5.33. The second-order valence-corrected chi connectivity index (χ2v) is 4.60. The minimum atomic E-state index is -0.542. The molecular formula is C10H17NO4S. The lowest BCUT2D eigenvalue weighted by Gasteiger charge is -2.20. The van der Waals surface area contributed by atoms with Crippen LogP contribution in [0.2, 0.25) is 0 Å². The number of carbonyl (C=O) groups is 2. The number of ether oxygens (including phenoxy) is 2. The summed E-state index contributed by atoms with van der Waals surface area (Å²) in [4.78, 5) is 24.4. The van der Waals surface area contributed by atoms with Crippen LogP contribution in [0, 0.1) is 0 Å². The minimum Gasteiger partial charge on any atom is -0.467 e. The average Bonchev–Trinajstić information content (AvgIpc) is 2.77. The summed E-state index contributed by atoms with van der Waals surface area (Å²) in [6.07, 6.45) is 1.40. The van der Waals surface area contributed by atoms with Crippen LogP contribution in [0.15, 0.2) is 0 Å². The Morgan fingerprint density at radius 1 is 1.50 bits per heavy atom. The molecule has 0 saturated carbocycles. The Hall–Kier alpha value is -0.910. The van der Waals surface area contributed by atoms with Crippen molar-refractivity contribution in [3.05, 3.63) is 0 Å². The number of esters is 1. The first-order valence-corrected chi connectivity index (χ1v) is 6.38. The van der Waals surface area contributed by atoms with E-state index in [1.165, 1.54) is 23.8 Å². The second kappa shape index (κ2) is 6.62. The van der Waals surface area contributed by atoms with Gasteiger partial charge in [0.25, 0.3) is 0 Å². The van der Waals surface area contributed by atoms with Gasteiger partial charge < -0.3 is 9.47 Å². The van der Waals surface area contributed by atoms with E-state index in [-0.39, 0.29) is 0 Å². The van der Waals surface area contributed by atoms with Crippen molar-refractivity contribution in [1.82, 2.24) is 4.90 Å². The van der Waals surface area contributed by atoms with E-state index in [1.54, 1.807) is 0 Å². The zero-order valence-electron chi connectivity index (χ0n) is 9.60. The van der Waals surface area contributed by atoms with Crippen LogP contribution in [0.25, 0.3) is 0 Å². The maximum absolute atomic E-state index is 11.6. The van der Waals surface area contributed by atoms with E-state index >= 15 is 0 Å². The average molecular weight is 247 g/mol. The Morgan fingerprint density at radius 3 is 2.88 bits per heavy atom. The number of hydrogen-bond donors (Lipinski definition) is 0. The highest BCUT2D eigenvalue weighted by molar-refractivity contribution is 8.00. The summed E-state index contributed by atoms with van der Waals surface area (Å²) in [5.41, 5.74) is 0. The van der Waals surface area contributed by atoms with Gasteiger partial charge in [-0.1, -0.05) is 13.3 Å². The van der Waals surface area contributed by atoms with E-state index in [2.05, 4.69) is 4.74 Å². The molecule has 16 heavy (non-hydrogen) atoms. The van der Waals surface area contributed by atoms with Gasteiger partial charge in [0.1, 0.15) is 0 Å². The third-order valence-electron chi connectivity index (χ3n) is 2.25. The van der Waals surface area contributed by atoms with Crippen LogP contribution in [0.1, 0.15) is 19.8 Å². The van der Waals surface area contributed by atoms with Crippen molar-refractivity contribution in [1.29, 1.82) is 0 Å². The van der Waals surface area contributed by atoms with Crippen LogP contribution in [-0.4, -0.2) is 48.4 Å². The summed E-state index contributed by atoms with van der Waals surface area (Å²) >= 11 is 1.40. The Kier molecular flexibility index (Phi) is 5.45. The van der Waals surface area contributed by atoms with Crippen LogP contribution in [0.5, 0.6) is 0 Å². The summed E-state index contributed by atoms with van der Waals surface area (Å²) in [5.74, 6) is 0.345. The highest BCUT2D eigenvalue weighted by atomic mass is 32.2. The van der Waals surface area contributed by atoms with E-state index in [4.69, 9.17) is 4.74 Å². The molecule has 92 valence electrons. The smallest absolute Gasteiger partial charge is 0.411 e. The highest BCUT2D eigenvalue weighted by Gasteiger charge is 2.36. The molecule has 6 heteroatoms. The van der Waals surface area contributed by atoms with Crippen molar-refractivity contribution in [2.75, 3.05) is 26.0 Å². The fraction of sp³-hybridized carbons (Fsp3) is 0.800. The Balaban J connectivity index is 2.44. The molecule has 1 aliphatic heterocycles. The van der Waals surface area contributed by atoms with Gasteiger partial charge in [0.2, 0.25) is 0 Å². The molecule has 1 fully saturated rings. The van der Waals surface area contributed by atoms with Crippen molar-refractivity contribution >= 4 is 23.8 Å². The first-order chi connectivity index (χ1) is 7.70. The summed E-state index contributed by atoms with van der Waals surface area (Å²) in [7, 11) is 1.32. The number of amides is 1. The van der Waals surface area contributed by atoms with Crippen LogP contribution < -0.4 is 0 Å². The molecule has 0 N–H and O–H groups in total. The van der Waals surface area contributed by atoms with Crippen LogP contribution in [0.4, 0.5) is 4.79 Å². The van der Waals surface area contributed by atoms with Gasteiger partial charge in [0.05, 0.1) is 13.7 Å². The molecule has 1 rings (SSSR count). The Morgan fingerprint density at radius 2 is 2.25 bits per heavy atom. The number of methoxy groups -OCH3 is 1. The largest absolute Gasteiger partial charge is 0.467 e. The van der Waals surface area contributed by atoms with Gasteiger partial charge in [-0.2, -0.15) is 0 Å². The Bertz CT molecular complexity index is 259. The molecule has 1 aliphatic rings. The second-order valence-electron chi connectivity index (χ2n) is 3.41. The van der Waals surface area contributed by atoms with Crippen molar-refractivity contribution in [3.8, 4) is 0 Å². The molecule has 1 heterocycles. The molecular weight excluding hydrogens is 230 g/mol. The number of carbonyl (C=O) groups excluding carboxylic acids is 2. The van der Waals surface area contributed by atoms with Crippen molar-refractivity contribution in [3.63, 3.8) is 0 Å². The topological polar surface area (TPSA) is 55.8 Å². The van der Waals surface area contributed by atoms with Crippen molar-refractivity contribution in [2.45, 2.75) is 25.1 Å². The van der Waals surface area contributed by atoms with Gasteiger partial charge in [-0.3, -0.25) is 4.90 Å². The van der Waals surface area contributed by atoms with Gasteiger partial charge >= 0.3 is 12.1 Å². The van der Waals surface area contributed by atoms with Crippen LogP contribution >= 0.6 is 11.8 Å². The normalized spacial score (nSPS) is 19.6. The molecule has 0 bridgehead atoms. The lowest BCUT2D eigenvalue weighted by atomic mass is 10.4. The fourth-order valence-electron chi connectivity index (χ4n) is 1.34. The lowest BCUT2D eigenvalue weighted by Crippen LogP contribution is -2.40. The fourth-order valence-corrected chi connectivity index (χ4v) is 2.47. The van der Waals surface area contributed by atoms with E-state index in [9.17, 15) is 9.59 Å². The van der Waals surface area contributed by atoms with Crippen LogP contribution in [-0.2, 0) is 14.3 Å². The van der Waals surface area contributed by atoms with E-state index in [0.717, 1.165) is 18.6 Å². The monoisotopic (exact) mass is 247 g/mol. The Labute approximate surface area is 99.5 Å². The lowest BCUT2D eigenvalue weighted by molar-refractivity contribution is -0.142. The van der Waals surface area contributed by atoms with Gasteiger partial charge in [-0.15, -0.1) is 11.8 Å². The molecule has 0 aromatic carbocycles. The quantitative estimate of drug-likeness (QED) is 0.556. The maximum atomic E-state index is 11.6. The molecule has 1 saturated heterocycles. The van der Waals surface area contributed by atoms with Crippen molar-refractivity contribution < 1.29 is 19.1 Å². The van der Waals surface area contributed by atoms with E-state index < -0.39 is 17.4 Å². The predicted octanol–water partition coefficient (Wildman–Crippen LogP) is 1.47. The summed E-state index contributed by atoms with van der Waals surface area (Å²) in [6.45, 7) is 2.97. The predicted molar refractivity (Wildman–Crippen MR) is 61.2 cm³/mol. The van der Waals surface area contributed by atoms with Gasteiger partial charge in [-0.05, 0) is 6.42 Å². The molecule has 0 aliphatic carbocycles. The number of thioether (sulfide) groups is 1. The number of unbranched alkanes of at least 4 members (excludes halogenated alkanes) is 1. The SMILES string of the molecule is CCCCOC(=O)N1CCSC1C(=O)OC. The summed E-state index contributed by atoms with van der Waals surface area (Å²) in [5, 5.41) is -0.542. The molecule has 0 radical (unpaired) electrons. The minimum absolute atomic E-state index is 0.394. The standard InChI is InChI=1S/C10H17NO4S/c1-3-4-6-15-10(13)11-5-7-16-8(11)9(12)14-2/h8H,3-7H2,1-2H3. The number of nitrogens with zero attached hydrogens (tertiary/aromatic N) is 1. The third-order valence-corrected chi connectivity index (χ3v) is 3.43. The zero-order valence-corrected chi connectivity index (χ0v) is 10.4. The molecule has 0 aromatic rings. The summed E-state index contributed by atoms with van der Waals surface area (Å²) in [6, 6.07) is 0. The molecule has 1 unspecified atom stereocenters. The maximum Gasteiger partial charge on any atom is 0.411 e. The van der Waals surface area contributed by atoms with Gasteiger partial charge in [0.15, 0.2) is 5.37 Å². The van der Waals surface area contributed by atoms with Gasteiger partial charge in [-0.25, -0.2) is 9.59 Å². The molecule has 0 aromatic heterocycles. The highest BCUT2D eigenvalue weighted by Crippen LogP contribution is 2.25. The van der Waals surface area contributed by atoms with E-state index in [1.807, 2.05) is 6.92 Å². The number of rotatable bonds is 4. The molecule has 1 amide bonds. The number of hydrogen-bond acceptors (Lipinski definition) is 5. The summed E-state index contributed by atoms with van der Waals surface area (Å²) < 4.78 is 9.69. The molecule has 0 spiro atoms. The van der Waals surface area contributed by atoms with Gasteiger partial charge in [0, 0.05) is 12.3 Å². The van der Waals surface area contributed by atoms with Crippen molar-refractivity contribution in [2.24, 2.45) is 0 Å².